The zero-order valence-electron chi connectivity index (χ0n) is 19.4. The number of methoxy groups -OCH3 is 1. The number of hydrogen-bond donors (Lipinski definition) is 2. The molecule has 0 spiro atoms. The van der Waals surface area contributed by atoms with E-state index < -0.39 is 0 Å². The molecule has 2 aromatic carbocycles. The van der Waals surface area contributed by atoms with Crippen molar-refractivity contribution >= 4 is 35.8 Å². The number of carbonyl (C=O) groups excluding carboxylic acids is 1. The molecule has 0 aliphatic heterocycles. The van der Waals surface area contributed by atoms with Gasteiger partial charge in [-0.15, -0.1) is 24.0 Å². The molecular weight excluding hydrogens is 519 g/mol. The van der Waals surface area contributed by atoms with Gasteiger partial charge in [-0.25, -0.2) is 4.99 Å². The molecule has 0 heterocycles. The van der Waals surface area contributed by atoms with Gasteiger partial charge in [-0.2, -0.15) is 0 Å². The number of rotatable bonds is 11. The maximum atomic E-state index is 12.0. The average Bonchev–Trinajstić information content (AvgIpc) is 2.79. The summed E-state index contributed by atoms with van der Waals surface area (Å²) in [7, 11) is 5.16. The summed E-state index contributed by atoms with van der Waals surface area (Å²) in [6.45, 7) is 5.39. The predicted octanol–water partition coefficient (Wildman–Crippen LogP) is 3.68. The second kappa shape index (κ2) is 15.5. The highest BCUT2D eigenvalue weighted by molar-refractivity contribution is 14.0. The van der Waals surface area contributed by atoms with Crippen molar-refractivity contribution in [2.24, 2.45) is 4.99 Å². The fourth-order valence-electron chi connectivity index (χ4n) is 2.82. The van der Waals surface area contributed by atoms with Gasteiger partial charge in [0.05, 0.1) is 20.3 Å². The summed E-state index contributed by atoms with van der Waals surface area (Å²) in [4.78, 5) is 18.2. The Morgan fingerprint density at radius 1 is 1.00 bits per heavy atom. The third-order valence-electron chi connectivity index (χ3n) is 4.56. The van der Waals surface area contributed by atoms with Crippen molar-refractivity contribution in [3.05, 3.63) is 65.2 Å². The molecule has 0 aromatic heterocycles. The summed E-state index contributed by atoms with van der Waals surface area (Å²) in [5.74, 6) is 1.62. The molecule has 1 amide bonds. The van der Waals surface area contributed by atoms with Gasteiger partial charge in [-0.3, -0.25) is 4.79 Å². The van der Waals surface area contributed by atoms with Crippen molar-refractivity contribution in [3.8, 4) is 5.75 Å². The van der Waals surface area contributed by atoms with Crippen LogP contribution in [0.2, 0.25) is 0 Å². The lowest BCUT2D eigenvalue weighted by molar-refractivity contribution is 0.0827. The van der Waals surface area contributed by atoms with Gasteiger partial charge in [-0.05, 0) is 48.7 Å². The minimum Gasteiger partial charge on any atom is -0.497 e. The molecule has 0 aliphatic carbocycles. The minimum atomic E-state index is -0.000679. The molecule has 0 radical (unpaired) electrons. The summed E-state index contributed by atoms with van der Waals surface area (Å²) >= 11 is 0. The van der Waals surface area contributed by atoms with Crippen molar-refractivity contribution in [1.29, 1.82) is 0 Å². The Hall–Kier alpha value is -2.33. The molecule has 2 aromatic rings. The van der Waals surface area contributed by atoms with E-state index >= 15 is 0 Å². The Labute approximate surface area is 208 Å². The van der Waals surface area contributed by atoms with E-state index in [0.29, 0.717) is 25.3 Å². The Bertz CT molecular complexity index is 824. The van der Waals surface area contributed by atoms with Crippen LogP contribution < -0.4 is 15.4 Å². The number of halogens is 1. The zero-order valence-corrected chi connectivity index (χ0v) is 21.7. The van der Waals surface area contributed by atoms with E-state index in [-0.39, 0.29) is 29.9 Å². The molecule has 0 aliphatic rings. The van der Waals surface area contributed by atoms with Crippen LogP contribution in [-0.4, -0.2) is 57.7 Å². The monoisotopic (exact) mass is 554 g/mol. The highest BCUT2D eigenvalue weighted by Gasteiger charge is 2.07. The van der Waals surface area contributed by atoms with Crippen molar-refractivity contribution < 1.29 is 14.3 Å². The van der Waals surface area contributed by atoms with Gasteiger partial charge in [0.1, 0.15) is 5.75 Å². The van der Waals surface area contributed by atoms with Crippen LogP contribution in [0.15, 0.2) is 53.5 Å². The van der Waals surface area contributed by atoms with Crippen molar-refractivity contribution in [2.75, 3.05) is 40.9 Å². The first kappa shape index (κ1) is 27.7. The molecule has 176 valence electrons. The van der Waals surface area contributed by atoms with E-state index in [1.165, 1.54) is 0 Å². The average molecular weight is 554 g/mol. The summed E-state index contributed by atoms with van der Waals surface area (Å²) in [5.41, 5.74) is 2.86. The number of benzene rings is 2. The molecule has 2 rings (SSSR count). The Balaban J connectivity index is 0.00000512. The summed E-state index contributed by atoms with van der Waals surface area (Å²) < 4.78 is 10.9. The number of carbonyl (C=O) groups is 1. The lowest BCUT2D eigenvalue weighted by atomic mass is 10.1. The fourth-order valence-corrected chi connectivity index (χ4v) is 2.82. The molecule has 0 fully saturated rings. The Kier molecular flexibility index (Phi) is 13.4. The van der Waals surface area contributed by atoms with E-state index in [2.05, 4.69) is 15.6 Å². The molecule has 0 atom stereocenters. The van der Waals surface area contributed by atoms with Crippen LogP contribution in [0.5, 0.6) is 5.75 Å². The number of ether oxygens (including phenoxy) is 2. The Morgan fingerprint density at radius 3 is 2.25 bits per heavy atom. The maximum Gasteiger partial charge on any atom is 0.253 e. The second-order valence-corrected chi connectivity index (χ2v) is 7.27. The molecule has 0 unspecified atom stereocenters. The third kappa shape index (κ3) is 9.86. The van der Waals surface area contributed by atoms with Crippen LogP contribution in [-0.2, 0) is 17.9 Å². The highest BCUT2D eigenvalue weighted by atomic mass is 127. The van der Waals surface area contributed by atoms with Crippen LogP contribution in [0.25, 0.3) is 0 Å². The lowest BCUT2D eigenvalue weighted by Crippen LogP contribution is -2.38. The van der Waals surface area contributed by atoms with Crippen molar-refractivity contribution in [1.82, 2.24) is 15.5 Å². The molecule has 0 bridgehead atoms. The van der Waals surface area contributed by atoms with Crippen LogP contribution in [0.3, 0.4) is 0 Å². The predicted molar refractivity (Wildman–Crippen MR) is 140 cm³/mol. The van der Waals surface area contributed by atoms with Gasteiger partial charge < -0.3 is 25.0 Å². The zero-order chi connectivity index (χ0) is 22.5. The third-order valence-corrected chi connectivity index (χ3v) is 4.56. The van der Waals surface area contributed by atoms with Gasteiger partial charge in [0, 0.05) is 39.4 Å². The minimum absolute atomic E-state index is 0. The number of guanidine groups is 1. The van der Waals surface area contributed by atoms with Gasteiger partial charge in [-0.1, -0.05) is 24.3 Å². The Morgan fingerprint density at radius 2 is 1.66 bits per heavy atom. The van der Waals surface area contributed by atoms with E-state index in [9.17, 15) is 4.79 Å². The standard InChI is InChI=1S/C24H34N4O3.HI/c1-5-25-24(27-17-19-7-11-21(12-8-19)23(29)28(2)3)26-15-6-16-31-18-20-9-13-22(30-4)14-10-20;/h7-14H,5-6,15-18H2,1-4H3,(H2,25,26,27);1H. The SMILES string of the molecule is CCNC(=NCc1ccc(C(=O)N(C)C)cc1)NCCCOCc1ccc(OC)cc1.I. The van der Waals surface area contributed by atoms with Crippen LogP contribution in [0, 0.1) is 0 Å². The van der Waals surface area contributed by atoms with Gasteiger partial charge in [0.15, 0.2) is 5.96 Å². The number of amides is 1. The first-order valence-corrected chi connectivity index (χ1v) is 10.6. The first-order valence-electron chi connectivity index (χ1n) is 10.6. The first-order chi connectivity index (χ1) is 15.0. The molecule has 7 nitrogen and oxygen atoms in total. The fraction of sp³-hybridized carbons (Fsp3) is 0.417. The van der Waals surface area contributed by atoms with Gasteiger partial charge >= 0.3 is 0 Å². The second-order valence-electron chi connectivity index (χ2n) is 7.27. The molecule has 8 heteroatoms. The van der Waals surface area contributed by atoms with Crippen LogP contribution in [0.1, 0.15) is 34.8 Å². The molecule has 0 saturated heterocycles. The van der Waals surface area contributed by atoms with Gasteiger partial charge in [0.25, 0.3) is 5.91 Å². The number of hydrogen-bond acceptors (Lipinski definition) is 4. The van der Waals surface area contributed by atoms with Gasteiger partial charge in [0.2, 0.25) is 0 Å². The molecule has 2 N–H and O–H groups in total. The van der Waals surface area contributed by atoms with E-state index in [0.717, 1.165) is 42.3 Å². The van der Waals surface area contributed by atoms with E-state index in [1.807, 2.05) is 55.5 Å². The van der Waals surface area contributed by atoms with Crippen LogP contribution in [0.4, 0.5) is 0 Å². The van der Waals surface area contributed by atoms with Crippen LogP contribution >= 0.6 is 24.0 Å². The largest absolute Gasteiger partial charge is 0.497 e. The maximum absolute atomic E-state index is 12.0. The quantitative estimate of drug-likeness (QED) is 0.192. The summed E-state index contributed by atoms with van der Waals surface area (Å²) in [6.07, 6.45) is 0.877. The normalized spacial score (nSPS) is 10.8. The van der Waals surface area contributed by atoms with E-state index in [1.54, 1.807) is 26.1 Å². The van der Waals surface area contributed by atoms with E-state index in [4.69, 9.17) is 9.47 Å². The molecular formula is C24H35IN4O3. The van der Waals surface area contributed by atoms with Crippen molar-refractivity contribution in [2.45, 2.75) is 26.5 Å². The molecule has 0 saturated carbocycles. The molecule has 32 heavy (non-hydrogen) atoms. The lowest BCUT2D eigenvalue weighted by Gasteiger charge is -2.12. The number of nitrogens with one attached hydrogen (secondary N) is 2. The van der Waals surface area contributed by atoms with Crippen molar-refractivity contribution in [3.63, 3.8) is 0 Å². The number of nitrogens with zero attached hydrogens (tertiary/aromatic N) is 2. The highest BCUT2D eigenvalue weighted by Crippen LogP contribution is 2.12. The topological polar surface area (TPSA) is 75.2 Å². The number of aliphatic imine (C=N–C) groups is 1. The summed E-state index contributed by atoms with van der Waals surface area (Å²) in [5, 5.41) is 6.58. The summed E-state index contributed by atoms with van der Waals surface area (Å²) in [6, 6.07) is 15.5. The smallest absolute Gasteiger partial charge is 0.253 e.